The van der Waals surface area contributed by atoms with Crippen molar-refractivity contribution >= 4 is 6.03 Å². The zero-order valence-electron chi connectivity index (χ0n) is 9.69. The lowest BCUT2D eigenvalue weighted by atomic mass is 10.4. The molecule has 1 aromatic heterocycles. The predicted molar refractivity (Wildman–Crippen MR) is 58.3 cm³/mol. The van der Waals surface area contributed by atoms with Gasteiger partial charge < -0.3 is 14.8 Å². The summed E-state index contributed by atoms with van der Waals surface area (Å²) >= 11 is 0. The van der Waals surface area contributed by atoms with Crippen molar-refractivity contribution in [3.63, 3.8) is 0 Å². The largest absolute Gasteiger partial charge is 0.337 e. The zero-order chi connectivity index (χ0) is 11.4. The molecule has 0 fully saturated rings. The highest BCUT2D eigenvalue weighted by Gasteiger charge is 2.11. The monoisotopic (exact) mass is 210 g/mol. The zero-order valence-corrected chi connectivity index (χ0v) is 9.69. The van der Waals surface area contributed by atoms with E-state index >= 15 is 0 Å². The molecule has 0 saturated heterocycles. The Labute approximate surface area is 90.1 Å². The molecule has 0 atom stereocenters. The van der Waals surface area contributed by atoms with Crippen LogP contribution in [0.25, 0.3) is 0 Å². The van der Waals surface area contributed by atoms with Gasteiger partial charge in [-0.2, -0.15) is 0 Å². The number of nitrogens with zero attached hydrogens (tertiary/aromatic N) is 3. The number of aryl methyl sites for hydroxylation is 1. The van der Waals surface area contributed by atoms with Gasteiger partial charge in [0.05, 0.1) is 6.54 Å². The first-order valence-corrected chi connectivity index (χ1v) is 4.98. The Kier molecular flexibility index (Phi) is 3.71. The van der Waals surface area contributed by atoms with Crippen LogP contribution >= 0.6 is 0 Å². The van der Waals surface area contributed by atoms with Gasteiger partial charge in [0.25, 0.3) is 0 Å². The topological polar surface area (TPSA) is 50.2 Å². The minimum Gasteiger partial charge on any atom is -0.337 e. The predicted octanol–water partition coefficient (Wildman–Crippen LogP) is 0.970. The van der Waals surface area contributed by atoms with Crippen molar-refractivity contribution in [1.82, 2.24) is 19.8 Å². The second kappa shape index (κ2) is 4.82. The van der Waals surface area contributed by atoms with Crippen LogP contribution in [0.4, 0.5) is 4.79 Å². The van der Waals surface area contributed by atoms with Crippen molar-refractivity contribution < 1.29 is 4.79 Å². The maximum atomic E-state index is 11.6. The molecule has 2 amide bonds. The van der Waals surface area contributed by atoms with E-state index < -0.39 is 0 Å². The summed E-state index contributed by atoms with van der Waals surface area (Å²) in [5, 5.41) is 2.82. The van der Waals surface area contributed by atoms with Crippen LogP contribution < -0.4 is 5.32 Å². The maximum Gasteiger partial charge on any atom is 0.317 e. The third-order valence-corrected chi connectivity index (χ3v) is 2.06. The van der Waals surface area contributed by atoms with Gasteiger partial charge in [-0.15, -0.1) is 0 Å². The standard InChI is InChI=1S/C10H18N4O/c1-8(2)12-10(15)14(4)7-9-11-5-6-13(9)3/h5-6,8H,7H2,1-4H3,(H,12,15). The molecule has 0 aliphatic carbocycles. The fourth-order valence-corrected chi connectivity index (χ4v) is 1.19. The van der Waals surface area contributed by atoms with Gasteiger partial charge in [0, 0.05) is 32.5 Å². The fraction of sp³-hybridized carbons (Fsp3) is 0.600. The molecule has 0 radical (unpaired) electrons. The first kappa shape index (κ1) is 11.6. The first-order chi connectivity index (χ1) is 7.00. The first-order valence-electron chi connectivity index (χ1n) is 4.98. The summed E-state index contributed by atoms with van der Waals surface area (Å²) in [7, 11) is 3.67. The fourth-order valence-electron chi connectivity index (χ4n) is 1.19. The van der Waals surface area contributed by atoms with Crippen molar-refractivity contribution in [2.75, 3.05) is 7.05 Å². The quantitative estimate of drug-likeness (QED) is 0.808. The van der Waals surface area contributed by atoms with Crippen LogP contribution in [0.5, 0.6) is 0 Å². The van der Waals surface area contributed by atoms with E-state index in [9.17, 15) is 4.79 Å². The second-order valence-electron chi connectivity index (χ2n) is 3.91. The van der Waals surface area contributed by atoms with E-state index in [1.807, 2.05) is 31.7 Å². The van der Waals surface area contributed by atoms with Crippen LogP contribution in [0.1, 0.15) is 19.7 Å². The van der Waals surface area contributed by atoms with E-state index in [0.717, 1.165) is 5.82 Å². The van der Waals surface area contributed by atoms with Crippen molar-refractivity contribution in [3.05, 3.63) is 18.2 Å². The number of urea groups is 1. The molecule has 0 bridgehead atoms. The lowest BCUT2D eigenvalue weighted by Gasteiger charge is -2.19. The summed E-state index contributed by atoms with van der Waals surface area (Å²) in [6, 6.07) is 0.0781. The van der Waals surface area contributed by atoms with E-state index in [1.165, 1.54) is 0 Å². The normalized spacial score (nSPS) is 10.5. The number of carbonyl (C=O) groups is 1. The van der Waals surface area contributed by atoms with E-state index in [1.54, 1.807) is 18.1 Å². The molecule has 0 aliphatic rings. The summed E-state index contributed by atoms with van der Waals surface area (Å²) in [5.74, 6) is 0.872. The lowest BCUT2D eigenvalue weighted by molar-refractivity contribution is 0.202. The molecule has 0 aliphatic heterocycles. The van der Waals surface area contributed by atoms with Gasteiger partial charge in [0.15, 0.2) is 0 Å². The summed E-state index contributed by atoms with van der Waals surface area (Å²) in [5.41, 5.74) is 0. The molecule has 0 saturated carbocycles. The molecule has 0 unspecified atom stereocenters. The Bertz CT molecular complexity index is 332. The third kappa shape index (κ3) is 3.27. The van der Waals surface area contributed by atoms with Gasteiger partial charge in [-0.05, 0) is 13.8 Å². The highest BCUT2D eigenvalue weighted by atomic mass is 16.2. The van der Waals surface area contributed by atoms with Crippen LogP contribution in [-0.2, 0) is 13.6 Å². The Balaban J connectivity index is 2.52. The molecule has 0 spiro atoms. The molecule has 5 heteroatoms. The van der Waals surface area contributed by atoms with E-state index in [0.29, 0.717) is 6.54 Å². The van der Waals surface area contributed by atoms with Crippen LogP contribution in [0.3, 0.4) is 0 Å². The number of nitrogens with one attached hydrogen (secondary N) is 1. The Morgan fingerprint density at radius 1 is 1.67 bits per heavy atom. The summed E-state index contributed by atoms with van der Waals surface area (Å²) in [6.07, 6.45) is 3.59. The molecule has 1 aromatic rings. The average Bonchev–Trinajstić information content (AvgIpc) is 2.50. The average molecular weight is 210 g/mol. The summed E-state index contributed by atoms with van der Waals surface area (Å²) < 4.78 is 1.90. The minimum absolute atomic E-state index is 0.0759. The molecule has 0 aromatic carbocycles. The van der Waals surface area contributed by atoms with Gasteiger partial charge in [-0.3, -0.25) is 0 Å². The van der Waals surface area contributed by atoms with E-state index in [-0.39, 0.29) is 12.1 Å². The molecule has 5 nitrogen and oxygen atoms in total. The Morgan fingerprint density at radius 2 is 2.33 bits per heavy atom. The van der Waals surface area contributed by atoms with Gasteiger partial charge in [-0.1, -0.05) is 0 Å². The minimum atomic E-state index is -0.0759. The van der Waals surface area contributed by atoms with E-state index in [4.69, 9.17) is 0 Å². The molecular weight excluding hydrogens is 192 g/mol. The number of amides is 2. The van der Waals surface area contributed by atoms with Crippen LogP contribution in [0, 0.1) is 0 Å². The number of hydrogen-bond acceptors (Lipinski definition) is 2. The van der Waals surface area contributed by atoms with Gasteiger partial charge in [0.2, 0.25) is 0 Å². The second-order valence-corrected chi connectivity index (χ2v) is 3.91. The highest BCUT2D eigenvalue weighted by Crippen LogP contribution is 1.99. The Hall–Kier alpha value is -1.52. The van der Waals surface area contributed by atoms with Crippen LogP contribution in [0.15, 0.2) is 12.4 Å². The molecule has 84 valence electrons. The van der Waals surface area contributed by atoms with Crippen molar-refractivity contribution in [1.29, 1.82) is 0 Å². The van der Waals surface area contributed by atoms with Crippen molar-refractivity contribution in [2.24, 2.45) is 7.05 Å². The van der Waals surface area contributed by atoms with Crippen molar-refractivity contribution in [3.8, 4) is 0 Å². The highest BCUT2D eigenvalue weighted by molar-refractivity contribution is 5.73. The SMILES string of the molecule is CC(C)NC(=O)N(C)Cc1nccn1C. The van der Waals surface area contributed by atoms with E-state index in [2.05, 4.69) is 10.3 Å². The number of hydrogen-bond donors (Lipinski definition) is 1. The smallest absolute Gasteiger partial charge is 0.317 e. The number of aromatic nitrogens is 2. The van der Waals surface area contributed by atoms with Gasteiger partial charge in [0.1, 0.15) is 5.82 Å². The summed E-state index contributed by atoms with van der Waals surface area (Å²) in [6.45, 7) is 4.39. The maximum absolute atomic E-state index is 11.6. The number of carbonyl (C=O) groups excluding carboxylic acids is 1. The summed E-state index contributed by atoms with van der Waals surface area (Å²) in [4.78, 5) is 17.3. The van der Waals surface area contributed by atoms with Crippen molar-refractivity contribution in [2.45, 2.75) is 26.4 Å². The molecular formula is C10H18N4O. The van der Waals surface area contributed by atoms with Crippen LogP contribution in [0.2, 0.25) is 0 Å². The molecule has 1 heterocycles. The number of imidazole rings is 1. The number of rotatable bonds is 3. The van der Waals surface area contributed by atoms with Gasteiger partial charge >= 0.3 is 6.03 Å². The Morgan fingerprint density at radius 3 is 2.80 bits per heavy atom. The molecule has 15 heavy (non-hydrogen) atoms. The molecule has 1 rings (SSSR count). The third-order valence-electron chi connectivity index (χ3n) is 2.06. The van der Waals surface area contributed by atoms with Gasteiger partial charge in [-0.25, -0.2) is 9.78 Å². The lowest BCUT2D eigenvalue weighted by Crippen LogP contribution is -2.40. The van der Waals surface area contributed by atoms with Crippen LogP contribution in [-0.4, -0.2) is 33.6 Å². The molecule has 1 N–H and O–H groups in total.